The average Bonchev–Trinajstić information content (AvgIpc) is 3.04. The molecule has 4 fully saturated rings. The topological polar surface area (TPSA) is 44.8 Å². The Bertz CT molecular complexity index is 476. The van der Waals surface area contributed by atoms with Gasteiger partial charge in [0.15, 0.2) is 5.79 Å². The largest absolute Gasteiger partial charge is 0.465 e. The molecule has 136 valence electrons. The third-order valence-corrected chi connectivity index (χ3v) is 7.37. The van der Waals surface area contributed by atoms with Crippen LogP contribution in [-0.2, 0) is 19.0 Å². The number of carbonyl (C=O) groups excluding carboxylic acids is 1. The van der Waals surface area contributed by atoms with Gasteiger partial charge in [-0.05, 0) is 68.6 Å². The van der Waals surface area contributed by atoms with Crippen molar-refractivity contribution in [3.63, 3.8) is 0 Å². The number of fused-ring (bicyclic) bond motifs is 4. The highest BCUT2D eigenvalue weighted by Gasteiger charge is 2.49. The highest BCUT2D eigenvalue weighted by atomic mass is 16.7. The van der Waals surface area contributed by atoms with Gasteiger partial charge in [-0.15, -0.1) is 0 Å². The molecule has 7 atom stereocenters. The second-order valence-electron chi connectivity index (χ2n) is 9.01. The van der Waals surface area contributed by atoms with Crippen molar-refractivity contribution in [2.75, 3.05) is 6.61 Å². The highest BCUT2D eigenvalue weighted by Crippen LogP contribution is 2.54. The Morgan fingerprint density at radius 1 is 1.08 bits per heavy atom. The number of ether oxygens (including phenoxy) is 3. The molecular weight excluding hydrogens is 304 g/mol. The molecule has 4 aliphatic rings. The van der Waals surface area contributed by atoms with Gasteiger partial charge in [0, 0.05) is 6.42 Å². The molecule has 0 spiro atoms. The first-order chi connectivity index (χ1) is 11.4. The van der Waals surface area contributed by atoms with E-state index < -0.39 is 5.79 Å². The summed E-state index contributed by atoms with van der Waals surface area (Å²) >= 11 is 0. The van der Waals surface area contributed by atoms with Crippen molar-refractivity contribution >= 4 is 5.97 Å². The zero-order valence-electron chi connectivity index (χ0n) is 15.3. The van der Waals surface area contributed by atoms with Crippen molar-refractivity contribution < 1.29 is 19.0 Å². The second-order valence-corrected chi connectivity index (χ2v) is 9.01. The van der Waals surface area contributed by atoms with Gasteiger partial charge in [0.25, 0.3) is 0 Å². The third kappa shape index (κ3) is 3.12. The molecule has 3 saturated carbocycles. The van der Waals surface area contributed by atoms with E-state index in [1.165, 1.54) is 12.8 Å². The van der Waals surface area contributed by atoms with Crippen molar-refractivity contribution in [2.24, 2.45) is 29.6 Å². The zero-order valence-corrected chi connectivity index (χ0v) is 15.3. The van der Waals surface area contributed by atoms with E-state index in [1.54, 1.807) is 0 Å². The van der Waals surface area contributed by atoms with E-state index in [4.69, 9.17) is 14.2 Å². The van der Waals surface area contributed by atoms with Gasteiger partial charge in [0.2, 0.25) is 0 Å². The maximum Gasteiger partial charge on any atom is 0.311 e. The molecule has 0 aromatic rings. The minimum Gasteiger partial charge on any atom is -0.465 e. The normalized spacial score (nSPS) is 50.0. The lowest BCUT2D eigenvalue weighted by atomic mass is 9.76. The molecule has 1 saturated heterocycles. The Morgan fingerprint density at radius 2 is 1.79 bits per heavy atom. The van der Waals surface area contributed by atoms with Crippen molar-refractivity contribution in [1.29, 1.82) is 0 Å². The SMILES string of the molecule is CC1C2CC(COC(=O)CC3(C)OC4CCCC(C4)O3)C(C2)C1C. The average molecular weight is 336 g/mol. The molecule has 4 nitrogen and oxygen atoms in total. The van der Waals surface area contributed by atoms with Gasteiger partial charge in [0.1, 0.15) is 0 Å². The van der Waals surface area contributed by atoms with E-state index >= 15 is 0 Å². The molecule has 0 radical (unpaired) electrons. The Balaban J connectivity index is 1.27. The number of carbonyl (C=O) groups is 1. The Hall–Kier alpha value is -0.610. The molecular formula is C20H32O4. The second kappa shape index (κ2) is 6.28. The molecule has 4 bridgehead atoms. The number of rotatable bonds is 4. The van der Waals surface area contributed by atoms with E-state index in [0.29, 0.717) is 12.5 Å². The lowest BCUT2D eigenvalue weighted by molar-refractivity contribution is -0.320. The highest BCUT2D eigenvalue weighted by molar-refractivity contribution is 5.70. The first-order valence-electron chi connectivity index (χ1n) is 9.95. The number of hydrogen-bond donors (Lipinski definition) is 0. The fourth-order valence-corrected chi connectivity index (χ4v) is 5.93. The fourth-order valence-electron chi connectivity index (χ4n) is 5.93. The maximum atomic E-state index is 12.4. The monoisotopic (exact) mass is 336 g/mol. The molecule has 7 unspecified atom stereocenters. The minimum atomic E-state index is -0.790. The van der Waals surface area contributed by atoms with E-state index in [2.05, 4.69) is 13.8 Å². The van der Waals surface area contributed by atoms with Crippen molar-refractivity contribution in [2.45, 2.75) is 83.7 Å². The summed E-state index contributed by atoms with van der Waals surface area (Å²) in [5, 5.41) is 0. The first-order valence-corrected chi connectivity index (χ1v) is 9.95. The molecule has 24 heavy (non-hydrogen) atoms. The molecule has 0 aromatic carbocycles. The molecule has 3 aliphatic carbocycles. The quantitative estimate of drug-likeness (QED) is 0.730. The summed E-state index contributed by atoms with van der Waals surface area (Å²) in [6.45, 7) is 7.24. The molecule has 4 heteroatoms. The van der Waals surface area contributed by atoms with Crippen LogP contribution in [0, 0.1) is 29.6 Å². The van der Waals surface area contributed by atoms with Crippen molar-refractivity contribution in [3.05, 3.63) is 0 Å². The standard InChI is InChI=1S/C20H32O4/c1-12-13(2)18-8-14(12)7-15(18)11-22-19(21)10-20(3)23-16-5-4-6-17(9-16)24-20/h12-18H,4-11H2,1-3H3. The van der Waals surface area contributed by atoms with E-state index in [-0.39, 0.29) is 24.6 Å². The van der Waals surface area contributed by atoms with Crippen LogP contribution in [0.1, 0.15) is 65.7 Å². The Morgan fingerprint density at radius 3 is 2.42 bits per heavy atom. The predicted molar refractivity (Wildman–Crippen MR) is 90.2 cm³/mol. The molecule has 4 rings (SSSR count). The summed E-state index contributed by atoms with van der Waals surface area (Å²) in [4.78, 5) is 12.4. The summed E-state index contributed by atoms with van der Waals surface area (Å²) in [7, 11) is 0. The molecule has 0 aromatic heterocycles. The van der Waals surface area contributed by atoms with Crippen LogP contribution in [0.2, 0.25) is 0 Å². The summed E-state index contributed by atoms with van der Waals surface area (Å²) in [5.74, 6) is 2.80. The van der Waals surface area contributed by atoms with Gasteiger partial charge < -0.3 is 14.2 Å². The van der Waals surface area contributed by atoms with Crippen LogP contribution in [-0.4, -0.2) is 30.6 Å². The van der Waals surface area contributed by atoms with Gasteiger partial charge in [0.05, 0.1) is 25.2 Å². The van der Waals surface area contributed by atoms with Crippen molar-refractivity contribution in [1.82, 2.24) is 0 Å². The molecule has 0 amide bonds. The van der Waals surface area contributed by atoms with Gasteiger partial charge in [-0.2, -0.15) is 0 Å². The first kappa shape index (κ1) is 16.8. The zero-order chi connectivity index (χ0) is 16.9. The molecule has 1 heterocycles. The van der Waals surface area contributed by atoms with Crippen LogP contribution in [0.5, 0.6) is 0 Å². The van der Waals surface area contributed by atoms with Gasteiger partial charge >= 0.3 is 5.97 Å². The van der Waals surface area contributed by atoms with Crippen LogP contribution in [0.4, 0.5) is 0 Å². The predicted octanol–water partition coefficient (Wildman–Crippen LogP) is 3.92. The lowest BCUT2D eigenvalue weighted by Crippen LogP contribution is -2.49. The Labute approximate surface area is 145 Å². The molecule has 1 aliphatic heterocycles. The van der Waals surface area contributed by atoms with E-state index in [1.807, 2.05) is 6.92 Å². The lowest BCUT2D eigenvalue weighted by Gasteiger charge is -2.45. The summed E-state index contributed by atoms with van der Waals surface area (Å²) in [6, 6.07) is 0. The number of esters is 1. The van der Waals surface area contributed by atoms with Gasteiger partial charge in [-0.3, -0.25) is 4.79 Å². The van der Waals surface area contributed by atoms with Crippen LogP contribution < -0.4 is 0 Å². The summed E-state index contributed by atoms with van der Waals surface area (Å²) in [5.41, 5.74) is 0. The number of hydrogen-bond acceptors (Lipinski definition) is 4. The van der Waals surface area contributed by atoms with Crippen molar-refractivity contribution in [3.8, 4) is 0 Å². The van der Waals surface area contributed by atoms with Crippen LogP contribution in [0.3, 0.4) is 0 Å². The van der Waals surface area contributed by atoms with E-state index in [9.17, 15) is 4.79 Å². The summed E-state index contributed by atoms with van der Waals surface area (Å²) < 4.78 is 17.7. The van der Waals surface area contributed by atoms with Gasteiger partial charge in [-0.25, -0.2) is 0 Å². The third-order valence-electron chi connectivity index (χ3n) is 7.37. The maximum absolute atomic E-state index is 12.4. The van der Waals surface area contributed by atoms with Crippen LogP contribution in [0.25, 0.3) is 0 Å². The summed E-state index contributed by atoms with van der Waals surface area (Å²) in [6.07, 6.45) is 7.61. The van der Waals surface area contributed by atoms with Crippen LogP contribution >= 0.6 is 0 Å². The Kier molecular flexibility index (Phi) is 4.41. The molecule has 0 N–H and O–H groups in total. The van der Waals surface area contributed by atoms with Gasteiger partial charge in [-0.1, -0.05) is 13.8 Å². The van der Waals surface area contributed by atoms with Crippen LogP contribution in [0.15, 0.2) is 0 Å². The smallest absolute Gasteiger partial charge is 0.311 e. The van der Waals surface area contributed by atoms with E-state index in [0.717, 1.165) is 49.4 Å². The fraction of sp³-hybridized carbons (Fsp3) is 0.950. The minimum absolute atomic E-state index is 0.166.